The van der Waals surface area contributed by atoms with Crippen molar-refractivity contribution in [2.45, 2.75) is 44.7 Å². The van der Waals surface area contributed by atoms with Gasteiger partial charge in [-0.05, 0) is 61.6 Å². The number of benzene rings is 2. The number of nitrogens with one attached hydrogen (secondary N) is 2. The first kappa shape index (κ1) is 20.2. The summed E-state index contributed by atoms with van der Waals surface area (Å²) in [4.78, 5) is 28.7. The first-order valence-corrected chi connectivity index (χ1v) is 10.9. The van der Waals surface area contributed by atoms with Crippen LogP contribution in [-0.4, -0.2) is 33.0 Å². The van der Waals surface area contributed by atoms with Gasteiger partial charge >= 0.3 is 0 Å². The molecule has 0 fully saturated rings. The van der Waals surface area contributed by atoms with Crippen LogP contribution in [0.2, 0.25) is 0 Å². The van der Waals surface area contributed by atoms with E-state index in [-0.39, 0.29) is 17.5 Å². The summed E-state index contributed by atoms with van der Waals surface area (Å²) in [5.41, 5.74) is 3.81. The second-order valence-electron chi connectivity index (χ2n) is 8.18. The van der Waals surface area contributed by atoms with Crippen LogP contribution in [0.1, 0.15) is 43.0 Å². The van der Waals surface area contributed by atoms with E-state index in [4.69, 9.17) is 4.74 Å². The number of ether oxygens (including phenoxy) is 1. The van der Waals surface area contributed by atoms with Gasteiger partial charge in [0.25, 0.3) is 5.56 Å². The number of fused-ring (bicyclic) bond motifs is 4. The Morgan fingerprint density at radius 2 is 2.12 bits per heavy atom. The number of aromatic nitrogens is 4. The third-order valence-corrected chi connectivity index (χ3v) is 6.15. The maximum atomic E-state index is 12.7. The number of rotatable bonds is 6. The largest absolute Gasteiger partial charge is 0.497 e. The van der Waals surface area contributed by atoms with Gasteiger partial charge in [0.1, 0.15) is 11.3 Å². The Hall–Kier alpha value is -3.68. The SMILES string of the molecule is COc1ccc2[nH]c3c(c2c1)CCC[C@@H]3NC(=O)CCCn1nnc2ccccc2c1=O. The Morgan fingerprint density at radius 1 is 1.25 bits per heavy atom. The lowest BCUT2D eigenvalue weighted by atomic mass is 9.91. The standard InChI is InChI=1S/C24H25N5O3/c1-32-15-11-12-19-18(14-15)16-7-4-9-21(23(16)26-19)25-22(30)10-5-13-29-24(31)17-6-2-3-8-20(17)27-28-29/h2-3,6,8,11-12,14,21,26H,4-5,7,9-10,13H2,1H3,(H,25,30)/t21-/m0/s1. The van der Waals surface area contributed by atoms with Gasteiger partial charge in [0.15, 0.2) is 0 Å². The van der Waals surface area contributed by atoms with Gasteiger partial charge in [0, 0.05) is 29.6 Å². The molecular weight excluding hydrogens is 406 g/mol. The zero-order valence-electron chi connectivity index (χ0n) is 17.9. The van der Waals surface area contributed by atoms with Gasteiger partial charge in [0.05, 0.1) is 18.5 Å². The molecule has 2 heterocycles. The van der Waals surface area contributed by atoms with Crippen LogP contribution in [0.3, 0.4) is 0 Å². The summed E-state index contributed by atoms with van der Waals surface area (Å²) >= 11 is 0. The van der Waals surface area contributed by atoms with Crippen LogP contribution in [-0.2, 0) is 17.8 Å². The van der Waals surface area contributed by atoms with E-state index in [9.17, 15) is 9.59 Å². The number of H-pyrrole nitrogens is 1. The molecular formula is C24H25N5O3. The van der Waals surface area contributed by atoms with Gasteiger partial charge in [-0.3, -0.25) is 9.59 Å². The Kier molecular flexibility index (Phi) is 5.34. The summed E-state index contributed by atoms with van der Waals surface area (Å²) in [5.74, 6) is 0.804. The maximum Gasteiger partial charge on any atom is 0.277 e. The number of aryl methyl sites for hydroxylation is 2. The molecule has 8 nitrogen and oxygen atoms in total. The molecule has 32 heavy (non-hydrogen) atoms. The van der Waals surface area contributed by atoms with Gasteiger partial charge in [-0.1, -0.05) is 17.3 Å². The zero-order valence-corrected chi connectivity index (χ0v) is 17.9. The summed E-state index contributed by atoms with van der Waals surface area (Å²) in [5, 5.41) is 13.0. The highest BCUT2D eigenvalue weighted by molar-refractivity contribution is 5.87. The number of hydrogen-bond acceptors (Lipinski definition) is 5. The number of carbonyl (C=O) groups is 1. The second kappa shape index (κ2) is 8.45. The van der Waals surface area contributed by atoms with E-state index in [0.29, 0.717) is 30.3 Å². The minimum Gasteiger partial charge on any atom is -0.497 e. The fraction of sp³-hybridized carbons (Fsp3) is 0.333. The average molecular weight is 431 g/mol. The Morgan fingerprint density at radius 3 is 3.00 bits per heavy atom. The summed E-state index contributed by atoms with van der Waals surface area (Å²) in [6, 6.07) is 13.1. The van der Waals surface area contributed by atoms with E-state index < -0.39 is 0 Å². The molecule has 2 aromatic heterocycles. The van der Waals surface area contributed by atoms with E-state index in [1.165, 1.54) is 10.2 Å². The number of aromatic amines is 1. The molecule has 0 saturated heterocycles. The van der Waals surface area contributed by atoms with E-state index >= 15 is 0 Å². The fourth-order valence-corrected chi connectivity index (χ4v) is 4.54. The fourth-order valence-electron chi connectivity index (χ4n) is 4.54. The van der Waals surface area contributed by atoms with Gasteiger partial charge < -0.3 is 15.0 Å². The highest BCUT2D eigenvalue weighted by Gasteiger charge is 2.25. The number of methoxy groups -OCH3 is 1. The molecule has 5 rings (SSSR count). The lowest BCUT2D eigenvalue weighted by Crippen LogP contribution is -2.31. The monoisotopic (exact) mass is 431 g/mol. The molecule has 2 N–H and O–H groups in total. The lowest BCUT2D eigenvalue weighted by molar-refractivity contribution is -0.122. The van der Waals surface area contributed by atoms with Crippen molar-refractivity contribution in [3.63, 3.8) is 0 Å². The molecule has 0 radical (unpaired) electrons. The number of amides is 1. The second-order valence-corrected chi connectivity index (χ2v) is 8.18. The van der Waals surface area contributed by atoms with Crippen molar-refractivity contribution < 1.29 is 9.53 Å². The molecule has 0 bridgehead atoms. The Bertz CT molecular complexity index is 1360. The quantitative estimate of drug-likeness (QED) is 0.488. The van der Waals surface area contributed by atoms with Gasteiger partial charge in [-0.25, -0.2) is 4.68 Å². The van der Waals surface area contributed by atoms with Crippen molar-refractivity contribution >= 4 is 27.7 Å². The minimum atomic E-state index is -0.179. The van der Waals surface area contributed by atoms with E-state index in [1.807, 2.05) is 24.3 Å². The molecule has 4 aromatic rings. The average Bonchev–Trinajstić information content (AvgIpc) is 3.19. The normalized spacial score (nSPS) is 15.6. The smallest absolute Gasteiger partial charge is 0.277 e. The Balaban J connectivity index is 1.25. The third-order valence-electron chi connectivity index (χ3n) is 6.15. The molecule has 0 spiro atoms. The van der Waals surface area contributed by atoms with E-state index in [2.05, 4.69) is 26.7 Å². The summed E-state index contributed by atoms with van der Waals surface area (Å²) in [6.45, 7) is 0.353. The third kappa shape index (κ3) is 3.72. The van der Waals surface area contributed by atoms with Crippen molar-refractivity contribution in [3.8, 4) is 5.75 Å². The van der Waals surface area contributed by atoms with Gasteiger partial charge in [-0.15, -0.1) is 5.10 Å². The van der Waals surface area contributed by atoms with Crippen molar-refractivity contribution in [3.05, 3.63) is 64.1 Å². The topological polar surface area (TPSA) is 102 Å². The zero-order chi connectivity index (χ0) is 22.1. The van der Waals surface area contributed by atoms with Crippen molar-refractivity contribution in [1.29, 1.82) is 0 Å². The number of carbonyl (C=O) groups excluding carboxylic acids is 1. The molecule has 164 valence electrons. The first-order chi connectivity index (χ1) is 15.6. The summed E-state index contributed by atoms with van der Waals surface area (Å²) in [7, 11) is 1.67. The van der Waals surface area contributed by atoms with E-state index in [0.717, 1.165) is 41.6 Å². The Labute approximate surface area is 184 Å². The van der Waals surface area contributed by atoms with Crippen LogP contribution in [0, 0.1) is 0 Å². The predicted molar refractivity (Wildman–Crippen MR) is 122 cm³/mol. The van der Waals surface area contributed by atoms with Crippen LogP contribution in [0.25, 0.3) is 21.8 Å². The van der Waals surface area contributed by atoms with Crippen LogP contribution >= 0.6 is 0 Å². The van der Waals surface area contributed by atoms with Crippen LogP contribution in [0.5, 0.6) is 5.75 Å². The van der Waals surface area contributed by atoms with Crippen molar-refractivity contribution in [1.82, 2.24) is 25.3 Å². The molecule has 0 aliphatic heterocycles. The number of nitrogens with zero attached hydrogens (tertiary/aromatic N) is 3. The highest BCUT2D eigenvalue weighted by Crippen LogP contribution is 2.36. The predicted octanol–water partition coefficient (Wildman–Crippen LogP) is 3.26. The molecule has 1 aliphatic rings. The van der Waals surface area contributed by atoms with Gasteiger partial charge in [0.2, 0.25) is 5.91 Å². The maximum absolute atomic E-state index is 12.7. The minimum absolute atomic E-state index is 0.0270. The van der Waals surface area contributed by atoms with Crippen LogP contribution < -0.4 is 15.6 Å². The molecule has 8 heteroatoms. The highest BCUT2D eigenvalue weighted by atomic mass is 16.5. The van der Waals surface area contributed by atoms with Crippen molar-refractivity contribution in [2.75, 3.05) is 7.11 Å². The molecule has 2 aromatic carbocycles. The molecule has 1 atom stereocenters. The molecule has 1 aliphatic carbocycles. The van der Waals surface area contributed by atoms with Crippen LogP contribution in [0.4, 0.5) is 0 Å². The molecule has 0 unspecified atom stereocenters. The lowest BCUT2D eigenvalue weighted by Gasteiger charge is -2.24. The summed E-state index contributed by atoms with van der Waals surface area (Å²) < 4.78 is 6.70. The van der Waals surface area contributed by atoms with E-state index in [1.54, 1.807) is 19.2 Å². The molecule has 1 amide bonds. The van der Waals surface area contributed by atoms with Crippen LogP contribution in [0.15, 0.2) is 47.3 Å². The molecule has 0 saturated carbocycles. The van der Waals surface area contributed by atoms with Crippen molar-refractivity contribution in [2.24, 2.45) is 0 Å². The first-order valence-electron chi connectivity index (χ1n) is 10.9. The van der Waals surface area contributed by atoms with Gasteiger partial charge in [-0.2, -0.15) is 0 Å². The summed E-state index contributed by atoms with van der Waals surface area (Å²) in [6.07, 6.45) is 3.74. The number of hydrogen-bond donors (Lipinski definition) is 2.